The highest BCUT2D eigenvalue weighted by molar-refractivity contribution is 5.88. The fourth-order valence-electron chi connectivity index (χ4n) is 6.64. The summed E-state index contributed by atoms with van der Waals surface area (Å²) >= 11 is 0. The molecule has 0 saturated heterocycles. The van der Waals surface area contributed by atoms with Crippen molar-refractivity contribution in [3.63, 3.8) is 0 Å². The van der Waals surface area contributed by atoms with E-state index in [0.717, 1.165) is 11.3 Å². The molecule has 0 aliphatic carbocycles. The van der Waals surface area contributed by atoms with Gasteiger partial charge in [-0.05, 0) is 44.7 Å². The van der Waals surface area contributed by atoms with Crippen molar-refractivity contribution in [2.45, 2.75) is 11.3 Å². The molecule has 0 amide bonds. The van der Waals surface area contributed by atoms with Gasteiger partial charge in [-0.2, -0.15) is 0 Å². The van der Waals surface area contributed by atoms with Crippen LogP contribution in [-0.4, -0.2) is 6.61 Å². The Balaban J connectivity index is 1.42. The molecule has 0 aliphatic heterocycles. The first-order chi connectivity index (χ1) is 21.8. The second kappa shape index (κ2) is 12.5. The lowest BCUT2D eigenvalue weighted by atomic mass is 9.68. The van der Waals surface area contributed by atoms with Gasteiger partial charge < -0.3 is 4.74 Å². The van der Waals surface area contributed by atoms with Crippen molar-refractivity contribution in [2.75, 3.05) is 6.61 Å². The third kappa shape index (κ3) is 5.18. The first-order valence-electron chi connectivity index (χ1n) is 15.3. The van der Waals surface area contributed by atoms with Crippen LogP contribution >= 0.6 is 0 Å². The van der Waals surface area contributed by atoms with Crippen LogP contribution in [0.1, 0.15) is 39.3 Å². The topological polar surface area (TPSA) is 9.23 Å². The van der Waals surface area contributed by atoms with Gasteiger partial charge in [0.2, 0.25) is 0 Å². The number of hydrogen-bond donors (Lipinski definition) is 0. The van der Waals surface area contributed by atoms with E-state index in [2.05, 4.69) is 188 Å². The van der Waals surface area contributed by atoms with Crippen molar-refractivity contribution < 1.29 is 4.74 Å². The summed E-state index contributed by atoms with van der Waals surface area (Å²) in [7, 11) is 0. The van der Waals surface area contributed by atoms with Crippen molar-refractivity contribution in [1.29, 1.82) is 0 Å². The average molecular weight is 567 g/mol. The van der Waals surface area contributed by atoms with E-state index in [-0.39, 0.29) is 5.92 Å². The highest BCUT2D eigenvalue weighted by Gasteiger charge is 2.39. The smallest absolute Gasteiger partial charge is 0.123 e. The fourth-order valence-corrected chi connectivity index (χ4v) is 6.64. The SMILES string of the molecule is c1ccc(C(c2ccccc2)c2ccccc2OCC(c2ccccc2)(c2ccccc2)c2cccc3ccccc23)cc1. The molecule has 44 heavy (non-hydrogen) atoms. The number of ether oxygens (including phenoxy) is 1. The first kappa shape index (κ1) is 27.4. The van der Waals surface area contributed by atoms with E-state index in [9.17, 15) is 0 Å². The molecule has 0 saturated carbocycles. The maximum absolute atomic E-state index is 7.14. The quantitative estimate of drug-likeness (QED) is 0.158. The van der Waals surface area contributed by atoms with E-state index < -0.39 is 5.41 Å². The van der Waals surface area contributed by atoms with Gasteiger partial charge in [0.05, 0.1) is 5.41 Å². The summed E-state index contributed by atoms with van der Waals surface area (Å²) < 4.78 is 7.14. The second-order valence-electron chi connectivity index (χ2n) is 11.2. The molecular formula is C43H34O. The lowest BCUT2D eigenvalue weighted by Crippen LogP contribution is -2.36. The van der Waals surface area contributed by atoms with Gasteiger partial charge >= 0.3 is 0 Å². The maximum atomic E-state index is 7.14. The molecule has 0 atom stereocenters. The predicted molar refractivity (Wildman–Crippen MR) is 182 cm³/mol. The average Bonchev–Trinajstić information content (AvgIpc) is 3.11. The van der Waals surface area contributed by atoms with Crippen molar-refractivity contribution in [1.82, 2.24) is 0 Å². The largest absolute Gasteiger partial charge is 0.492 e. The zero-order chi connectivity index (χ0) is 29.6. The molecule has 0 bridgehead atoms. The van der Waals surface area contributed by atoms with E-state index in [1.54, 1.807) is 0 Å². The van der Waals surface area contributed by atoms with Gasteiger partial charge in [-0.3, -0.25) is 0 Å². The molecule has 0 heterocycles. The van der Waals surface area contributed by atoms with Gasteiger partial charge in [0.1, 0.15) is 12.4 Å². The molecule has 0 radical (unpaired) electrons. The van der Waals surface area contributed by atoms with Crippen LogP contribution in [0.3, 0.4) is 0 Å². The molecule has 0 aliphatic rings. The van der Waals surface area contributed by atoms with Crippen LogP contribution in [0, 0.1) is 0 Å². The zero-order valence-electron chi connectivity index (χ0n) is 24.6. The third-order valence-electron chi connectivity index (χ3n) is 8.72. The summed E-state index contributed by atoms with van der Waals surface area (Å²) in [6.07, 6.45) is 0. The number of para-hydroxylation sites is 1. The van der Waals surface area contributed by atoms with Crippen LogP contribution in [0.15, 0.2) is 188 Å². The minimum absolute atomic E-state index is 0.0361. The van der Waals surface area contributed by atoms with Crippen LogP contribution in [0.25, 0.3) is 10.8 Å². The first-order valence-corrected chi connectivity index (χ1v) is 15.3. The predicted octanol–water partition coefficient (Wildman–Crippen LogP) is 10.4. The lowest BCUT2D eigenvalue weighted by Gasteiger charge is -2.37. The Morgan fingerprint density at radius 2 is 0.909 bits per heavy atom. The Labute approximate surface area is 260 Å². The van der Waals surface area contributed by atoms with Gasteiger partial charge in [0, 0.05) is 11.5 Å². The Kier molecular flexibility index (Phi) is 7.76. The number of hydrogen-bond acceptors (Lipinski definition) is 1. The van der Waals surface area contributed by atoms with E-state index in [1.807, 2.05) is 0 Å². The zero-order valence-corrected chi connectivity index (χ0v) is 24.6. The molecule has 7 rings (SSSR count). The monoisotopic (exact) mass is 566 g/mol. The highest BCUT2D eigenvalue weighted by Crippen LogP contribution is 2.44. The standard InChI is InChI=1S/C43H34O/c1-5-19-34(20-6-1)42(35-21-7-2-8-22-35)39-29-15-16-31-41(39)44-32-43(36-24-9-3-10-25-36,37-26-11-4-12-27-37)40-30-17-23-33-18-13-14-28-38(33)40/h1-31,42H,32H2. The Bertz CT molecular complexity index is 1860. The Morgan fingerprint density at radius 3 is 1.52 bits per heavy atom. The summed E-state index contributed by atoms with van der Waals surface area (Å²) in [6, 6.07) is 67.0. The van der Waals surface area contributed by atoms with Gasteiger partial charge in [0.25, 0.3) is 0 Å². The molecular weight excluding hydrogens is 532 g/mol. The van der Waals surface area contributed by atoms with Crippen molar-refractivity contribution in [2.24, 2.45) is 0 Å². The van der Waals surface area contributed by atoms with Gasteiger partial charge in [-0.15, -0.1) is 0 Å². The summed E-state index contributed by atoms with van der Waals surface area (Å²) in [5.74, 6) is 0.927. The Morgan fingerprint density at radius 1 is 0.432 bits per heavy atom. The van der Waals surface area contributed by atoms with Crippen molar-refractivity contribution in [3.8, 4) is 5.75 Å². The van der Waals surface area contributed by atoms with Gasteiger partial charge in [0.15, 0.2) is 0 Å². The molecule has 7 aromatic rings. The normalized spacial score (nSPS) is 11.5. The molecule has 7 aromatic carbocycles. The van der Waals surface area contributed by atoms with Crippen LogP contribution in [0.4, 0.5) is 0 Å². The maximum Gasteiger partial charge on any atom is 0.123 e. The molecule has 0 aromatic heterocycles. The molecule has 0 unspecified atom stereocenters. The van der Waals surface area contributed by atoms with Crippen LogP contribution in [0.2, 0.25) is 0 Å². The van der Waals surface area contributed by atoms with Crippen molar-refractivity contribution >= 4 is 10.8 Å². The lowest BCUT2D eigenvalue weighted by molar-refractivity contribution is 0.264. The summed E-state index contributed by atoms with van der Waals surface area (Å²) in [6.45, 7) is 0.433. The summed E-state index contributed by atoms with van der Waals surface area (Å²) in [4.78, 5) is 0. The second-order valence-corrected chi connectivity index (χ2v) is 11.2. The Hall–Kier alpha value is -5.40. The minimum atomic E-state index is -0.564. The summed E-state index contributed by atoms with van der Waals surface area (Å²) in [5.41, 5.74) is 6.68. The number of fused-ring (bicyclic) bond motifs is 1. The molecule has 212 valence electrons. The van der Waals surface area contributed by atoms with Crippen LogP contribution in [-0.2, 0) is 5.41 Å². The molecule has 0 N–H and O–H groups in total. The van der Waals surface area contributed by atoms with Gasteiger partial charge in [-0.25, -0.2) is 0 Å². The van der Waals surface area contributed by atoms with E-state index in [4.69, 9.17) is 4.74 Å². The molecule has 0 fully saturated rings. The summed E-state index contributed by atoms with van der Waals surface area (Å²) in [5, 5.41) is 2.45. The van der Waals surface area contributed by atoms with Crippen LogP contribution in [0.5, 0.6) is 5.75 Å². The molecule has 1 nitrogen and oxygen atoms in total. The number of benzene rings is 7. The highest BCUT2D eigenvalue weighted by atomic mass is 16.5. The van der Waals surface area contributed by atoms with E-state index in [1.165, 1.54) is 38.6 Å². The minimum Gasteiger partial charge on any atom is -0.492 e. The van der Waals surface area contributed by atoms with E-state index in [0.29, 0.717) is 6.61 Å². The van der Waals surface area contributed by atoms with Gasteiger partial charge in [-0.1, -0.05) is 182 Å². The number of rotatable bonds is 9. The van der Waals surface area contributed by atoms with E-state index >= 15 is 0 Å². The van der Waals surface area contributed by atoms with Crippen LogP contribution < -0.4 is 4.74 Å². The third-order valence-corrected chi connectivity index (χ3v) is 8.72. The molecule has 0 spiro atoms. The van der Waals surface area contributed by atoms with Crippen molar-refractivity contribution in [3.05, 3.63) is 221 Å². The fraction of sp³-hybridized carbons (Fsp3) is 0.0698. The molecule has 1 heteroatoms.